The molecular weight excluding hydrogens is 284 g/mol. The fraction of sp³-hybridized carbons (Fsp3) is 0.941. The first-order valence-electron chi connectivity index (χ1n) is 8.58. The summed E-state index contributed by atoms with van der Waals surface area (Å²) in [6, 6.07) is 0. The monoisotopic (exact) mass is 318 g/mol. The van der Waals surface area contributed by atoms with Crippen LogP contribution in [0.15, 0.2) is 0 Å². The second kappa shape index (κ2) is 18.2. The quantitative estimate of drug-likeness (QED) is 0.313. The highest BCUT2D eigenvalue weighted by Gasteiger charge is 2.02. The van der Waals surface area contributed by atoms with E-state index < -0.39 is 6.16 Å². The molecule has 0 aromatic heterocycles. The van der Waals surface area contributed by atoms with E-state index in [1.165, 1.54) is 19.3 Å². The van der Waals surface area contributed by atoms with Crippen LogP contribution in [0.1, 0.15) is 64.2 Å². The maximum atomic E-state index is 11.3. The molecule has 5 nitrogen and oxygen atoms in total. The third kappa shape index (κ3) is 17.2. The Balaban J connectivity index is 3.13. The minimum Gasteiger partial charge on any atom is -0.434 e. The van der Waals surface area contributed by atoms with Gasteiger partial charge in [-0.25, -0.2) is 4.79 Å². The van der Waals surface area contributed by atoms with E-state index in [2.05, 4.69) is 0 Å². The molecule has 0 radical (unpaired) electrons. The van der Waals surface area contributed by atoms with Gasteiger partial charge in [0.25, 0.3) is 0 Å². The van der Waals surface area contributed by atoms with Crippen LogP contribution < -0.4 is 0 Å². The first-order valence-corrected chi connectivity index (χ1v) is 8.58. The maximum absolute atomic E-state index is 11.3. The number of hydrogen-bond donors (Lipinski definition) is 0. The van der Waals surface area contributed by atoms with Gasteiger partial charge in [0.05, 0.1) is 13.2 Å². The predicted molar refractivity (Wildman–Crippen MR) is 87.2 cm³/mol. The van der Waals surface area contributed by atoms with Crippen molar-refractivity contribution in [1.29, 1.82) is 0 Å². The molecular formula is C17H34O5. The zero-order valence-electron chi connectivity index (χ0n) is 14.4. The van der Waals surface area contributed by atoms with E-state index in [0.717, 1.165) is 58.2 Å². The van der Waals surface area contributed by atoms with Gasteiger partial charge in [0, 0.05) is 27.4 Å². The highest BCUT2D eigenvalue weighted by Crippen LogP contribution is 2.06. The van der Waals surface area contributed by atoms with Crippen LogP contribution in [0.4, 0.5) is 4.79 Å². The van der Waals surface area contributed by atoms with Gasteiger partial charge in [-0.1, -0.05) is 32.1 Å². The molecule has 0 N–H and O–H groups in total. The van der Waals surface area contributed by atoms with Crippen molar-refractivity contribution in [2.45, 2.75) is 64.2 Å². The molecule has 0 aliphatic rings. The fourth-order valence-corrected chi connectivity index (χ4v) is 2.11. The summed E-state index contributed by atoms with van der Waals surface area (Å²) in [5.74, 6) is 0. The zero-order valence-corrected chi connectivity index (χ0v) is 14.4. The SMILES string of the molecule is COCCCCCCCCOC(=O)OCCCCCCOC. The normalized spacial score (nSPS) is 10.6. The van der Waals surface area contributed by atoms with Crippen LogP contribution >= 0.6 is 0 Å². The van der Waals surface area contributed by atoms with Gasteiger partial charge in [-0.05, 0) is 32.1 Å². The molecule has 0 aromatic carbocycles. The molecule has 0 unspecified atom stereocenters. The molecule has 5 heteroatoms. The molecule has 0 aromatic rings. The van der Waals surface area contributed by atoms with E-state index in [4.69, 9.17) is 18.9 Å². The lowest BCUT2D eigenvalue weighted by molar-refractivity contribution is 0.0527. The molecule has 0 bridgehead atoms. The highest BCUT2D eigenvalue weighted by molar-refractivity contribution is 5.59. The number of ether oxygens (including phenoxy) is 4. The summed E-state index contributed by atoms with van der Waals surface area (Å²) in [4.78, 5) is 11.3. The smallest absolute Gasteiger partial charge is 0.434 e. The topological polar surface area (TPSA) is 54.0 Å². The number of unbranched alkanes of at least 4 members (excludes halogenated alkanes) is 8. The van der Waals surface area contributed by atoms with Gasteiger partial charge in [-0.2, -0.15) is 0 Å². The zero-order chi connectivity index (χ0) is 16.3. The third-order valence-corrected chi connectivity index (χ3v) is 3.43. The average Bonchev–Trinajstić information content (AvgIpc) is 2.52. The summed E-state index contributed by atoms with van der Waals surface area (Å²) in [7, 11) is 3.44. The Kier molecular flexibility index (Phi) is 17.6. The number of methoxy groups -OCH3 is 2. The lowest BCUT2D eigenvalue weighted by Crippen LogP contribution is -2.09. The predicted octanol–water partition coefficient (Wildman–Crippen LogP) is 4.33. The fourth-order valence-electron chi connectivity index (χ4n) is 2.11. The Hall–Kier alpha value is -0.810. The van der Waals surface area contributed by atoms with Crippen LogP contribution in [0.3, 0.4) is 0 Å². The summed E-state index contributed by atoms with van der Waals surface area (Å²) < 4.78 is 20.0. The summed E-state index contributed by atoms with van der Waals surface area (Å²) in [5.41, 5.74) is 0. The summed E-state index contributed by atoms with van der Waals surface area (Å²) in [6.45, 7) is 2.56. The van der Waals surface area contributed by atoms with Crippen LogP contribution in [0.5, 0.6) is 0 Å². The van der Waals surface area contributed by atoms with Crippen LogP contribution in [-0.4, -0.2) is 46.8 Å². The first kappa shape index (κ1) is 21.2. The van der Waals surface area contributed by atoms with Crippen molar-refractivity contribution in [3.8, 4) is 0 Å². The molecule has 0 saturated carbocycles. The second-order valence-electron chi connectivity index (χ2n) is 5.47. The van der Waals surface area contributed by atoms with E-state index in [9.17, 15) is 4.79 Å². The lowest BCUT2D eigenvalue weighted by Gasteiger charge is -2.06. The van der Waals surface area contributed by atoms with Gasteiger partial charge in [0.15, 0.2) is 0 Å². The van der Waals surface area contributed by atoms with Crippen molar-refractivity contribution in [2.75, 3.05) is 40.6 Å². The molecule has 0 amide bonds. The van der Waals surface area contributed by atoms with Crippen molar-refractivity contribution >= 4 is 6.16 Å². The number of carbonyl (C=O) groups excluding carboxylic acids is 1. The van der Waals surface area contributed by atoms with Crippen molar-refractivity contribution < 1.29 is 23.7 Å². The van der Waals surface area contributed by atoms with Gasteiger partial charge in [-0.3, -0.25) is 0 Å². The third-order valence-electron chi connectivity index (χ3n) is 3.43. The van der Waals surface area contributed by atoms with Crippen LogP contribution in [0.2, 0.25) is 0 Å². The molecule has 0 rings (SSSR count). The van der Waals surface area contributed by atoms with E-state index >= 15 is 0 Å². The standard InChI is InChI=1S/C17H34O5/c1-19-13-9-5-3-4-6-11-15-21-17(18)22-16-12-8-7-10-14-20-2/h3-16H2,1-2H3. The van der Waals surface area contributed by atoms with E-state index in [0.29, 0.717) is 13.2 Å². The molecule has 0 atom stereocenters. The molecule has 0 saturated heterocycles. The molecule has 0 spiro atoms. The van der Waals surface area contributed by atoms with Gasteiger partial charge < -0.3 is 18.9 Å². The molecule has 0 aliphatic heterocycles. The minimum atomic E-state index is -0.531. The largest absolute Gasteiger partial charge is 0.508 e. The van der Waals surface area contributed by atoms with Crippen LogP contribution in [-0.2, 0) is 18.9 Å². The maximum Gasteiger partial charge on any atom is 0.508 e. The van der Waals surface area contributed by atoms with Crippen molar-refractivity contribution in [1.82, 2.24) is 0 Å². The van der Waals surface area contributed by atoms with Gasteiger partial charge in [-0.15, -0.1) is 0 Å². The van der Waals surface area contributed by atoms with Crippen LogP contribution in [0, 0.1) is 0 Å². The highest BCUT2D eigenvalue weighted by atomic mass is 16.7. The molecule has 0 heterocycles. The Bertz CT molecular complexity index is 233. The molecule has 132 valence electrons. The van der Waals surface area contributed by atoms with Crippen molar-refractivity contribution in [2.24, 2.45) is 0 Å². The number of rotatable bonds is 16. The summed E-state index contributed by atoms with van der Waals surface area (Å²) in [6.07, 6.45) is 10.3. The van der Waals surface area contributed by atoms with Gasteiger partial charge >= 0.3 is 6.16 Å². The van der Waals surface area contributed by atoms with Gasteiger partial charge in [0.1, 0.15) is 0 Å². The summed E-state index contributed by atoms with van der Waals surface area (Å²) in [5, 5.41) is 0. The second-order valence-corrected chi connectivity index (χ2v) is 5.47. The Labute approximate surface area is 135 Å². The Morgan fingerprint density at radius 3 is 1.23 bits per heavy atom. The van der Waals surface area contributed by atoms with Gasteiger partial charge in [0.2, 0.25) is 0 Å². The lowest BCUT2D eigenvalue weighted by atomic mass is 10.1. The molecule has 0 fully saturated rings. The summed E-state index contributed by atoms with van der Waals surface area (Å²) >= 11 is 0. The first-order chi connectivity index (χ1) is 10.8. The number of carbonyl (C=O) groups is 1. The average molecular weight is 318 g/mol. The molecule has 0 aliphatic carbocycles. The van der Waals surface area contributed by atoms with Crippen molar-refractivity contribution in [3.63, 3.8) is 0 Å². The molecule has 22 heavy (non-hydrogen) atoms. The minimum absolute atomic E-state index is 0.450. The van der Waals surface area contributed by atoms with E-state index in [-0.39, 0.29) is 0 Å². The van der Waals surface area contributed by atoms with E-state index in [1.807, 2.05) is 0 Å². The van der Waals surface area contributed by atoms with E-state index in [1.54, 1.807) is 14.2 Å². The number of hydrogen-bond acceptors (Lipinski definition) is 5. The Morgan fingerprint density at radius 2 is 0.864 bits per heavy atom. The van der Waals surface area contributed by atoms with Crippen molar-refractivity contribution in [3.05, 3.63) is 0 Å². The van der Waals surface area contributed by atoms with Crippen LogP contribution in [0.25, 0.3) is 0 Å². The Morgan fingerprint density at radius 1 is 0.545 bits per heavy atom.